The molecule has 21 heavy (non-hydrogen) atoms. The maximum Gasteiger partial charge on any atom is 0.336 e. The molecule has 0 aromatic heterocycles. The molecule has 0 bridgehead atoms. The molecule has 1 amide bonds. The predicted molar refractivity (Wildman–Crippen MR) is 74.7 cm³/mol. The number of hydrogen-bond donors (Lipinski definition) is 2. The van der Waals surface area contributed by atoms with Gasteiger partial charge in [-0.15, -0.1) is 0 Å². The molecule has 1 aliphatic rings. The number of hydrogen-bond acceptors (Lipinski definition) is 6. The van der Waals surface area contributed by atoms with Crippen molar-refractivity contribution in [3.05, 3.63) is 39.6 Å². The molecule has 0 radical (unpaired) electrons. The summed E-state index contributed by atoms with van der Waals surface area (Å²) in [5.74, 6) is -1.14. The number of benzene rings is 1. The van der Waals surface area contributed by atoms with Crippen molar-refractivity contribution in [1.29, 1.82) is 0 Å². The van der Waals surface area contributed by atoms with Gasteiger partial charge in [-0.25, -0.2) is 4.79 Å². The van der Waals surface area contributed by atoms with Crippen LogP contribution in [0.4, 0.5) is 17.1 Å². The molecule has 110 valence electrons. The van der Waals surface area contributed by atoms with E-state index in [9.17, 15) is 19.7 Å². The number of esters is 1. The van der Waals surface area contributed by atoms with Gasteiger partial charge in [0.15, 0.2) is 0 Å². The number of carbonyl (C=O) groups excluding carboxylic acids is 2. The molecule has 8 heteroatoms. The van der Waals surface area contributed by atoms with Crippen LogP contribution in [-0.4, -0.2) is 23.4 Å². The molecular weight excluding hydrogens is 278 g/mol. The molecule has 0 spiro atoms. The van der Waals surface area contributed by atoms with Crippen LogP contribution in [0.3, 0.4) is 0 Å². The first-order chi connectivity index (χ1) is 9.93. The third-order valence-electron chi connectivity index (χ3n) is 2.91. The van der Waals surface area contributed by atoms with Crippen LogP contribution in [0, 0.1) is 10.1 Å². The van der Waals surface area contributed by atoms with Gasteiger partial charge in [0.1, 0.15) is 5.70 Å². The van der Waals surface area contributed by atoms with Crippen LogP contribution in [-0.2, 0) is 14.3 Å². The highest BCUT2D eigenvalue weighted by Crippen LogP contribution is 2.32. The topological polar surface area (TPSA) is 111 Å². The van der Waals surface area contributed by atoms with E-state index >= 15 is 0 Å². The number of rotatable bonds is 3. The van der Waals surface area contributed by atoms with Gasteiger partial charge in [0.2, 0.25) is 0 Å². The second-order valence-electron chi connectivity index (χ2n) is 4.29. The lowest BCUT2D eigenvalue weighted by molar-refractivity contribution is -0.384. The standard InChI is InChI=1S/C13H13N3O5/c1-3-21-13(18)7(2)11-12(17)15-10-6-8(16(19)20)4-5-9(10)14-11/h4-6,14H,3H2,1-2H3,(H,15,17)/b11-7+. The maximum absolute atomic E-state index is 12.0. The number of nitrogens with one attached hydrogen (secondary N) is 2. The van der Waals surface area contributed by atoms with Gasteiger partial charge in [-0.05, 0) is 19.9 Å². The van der Waals surface area contributed by atoms with Crippen molar-refractivity contribution in [3.63, 3.8) is 0 Å². The largest absolute Gasteiger partial charge is 0.463 e. The van der Waals surface area contributed by atoms with Crippen LogP contribution in [0.15, 0.2) is 29.5 Å². The SMILES string of the molecule is CCOC(=O)/C(C)=C1/Nc2ccc([N+](=O)[O-])cc2NC1=O. The van der Waals surface area contributed by atoms with Gasteiger partial charge in [-0.2, -0.15) is 0 Å². The smallest absolute Gasteiger partial charge is 0.336 e. The Morgan fingerprint density at radius 2 is 2.05 bits per heavy atom. The van der Waals surface area contributed by atoms with Gasteiger partial charge in [-0.1, -0.05) is 0 Å². The van der Waals surface area contributed by atoms with E-state index in [4.69, 9.17) is 4.74 Å². The summed E-state index contributed by atoms with van der Waals surface area (Å²) in [6, 6.07) is 4.02. The zero-order valence-corrected chi connectivity index (χ0v) is 11.4. The third-order valence-corrected chi connectivity index (χ3v) is 2.91. The number of amides is 1. The Morgan fingerprint density at radius 1 is 1.33 bits per heavy atom. The fraction of sp³-hybridized carbons (Fsp3) is 0.231. The molecule has 1 aromatic rings. The number of ether oxygens (including phenoxy) is 1. The second kappa shape index (κ2) is 5.61. The van der Waals surface area contributed by atoms with Crippen LogP contribution in [0.25, 0.3) is 0 Å². The molecule has 1 heterocycles. The molecule has 1 aliphatic heterocycles. The predicted octanol–water partition coefficient (Wildman–Crippen LogP) is 1.80. The van der Waals surface area contributed by atoms with Gasteiger partial charge in [0.25, 0.3) is 11.6 Å². The number of fused-ring (bicyclic) bond motifs is 1. The Hall–Kier alpha value is -2.90. The summed E-state index contributed by atoms with van der Waals surface area (Å²) < 4.78 is 4.84. The summed E-state index contributed by atoms with van der Waals surface area (Å²) in [6.07, 6.45) is 0. The Morgan fingerprint density at radius 3 is 2.67 bits per heavy atom. The van der Waals surface area contributed by atoms with Crippen molar-refractivity contribution >= 4 is 28.9 Å². The van der Waals surface area contributed by atoms with Crippen LogP contribution in [0.2, 0.25) is 0 Å². The highest BCUT2D eigenvalue weighted by atomic mass is 16.6. The fourth-order valence-electron chi connectivity index (χ4n) is 1.84. The quantitative estimate of drug-likeness (QED) is 0.380. The molecule has 2 rings (SSSR count). The minimum absolute atomic E-state index is 0.0646. The first-order valence-electron chi connectivity index (χ1n) is 6.18. The average molecular weight is 291 g/mol. The zero-order valence-electron chi connectivity index (χ0n) is 11.4. The number of nitro benzene ring substituents is 1. The Kier molecular flexibility index (Phi) is 3.88. The van der Waals surface area contributed by atoms with Gasteiger partial charge >= 0.3 is 5.97 Å². The summed E-state index contributed by atoms with van der Waals surface area (Å²) in [5.41, 5.74) is 0.826. The van der Waals surface area contributed by atoms with Crippen LogP contribution in [0.5, 0.6) is 0 Å². The van der Waals surface area contributed by atoms with Gasteiger partial charge in [0, 0.05) is 12.1 Å². The average Bonchev–Trinajstić information content (AvgIpc) is 2.45. The fourth-order valence-corrected chi connectivity index (χ4v) is 1.84. The van der Waals surface area contributed by atoms with Gasteiger partial charge in [-0.3, -0.25) is 14.9 Å². The van der Waals surface area contributed by atoms with E-state index in [0.29, 0.717) is 5.69 Å². The van der Waals surface area contributed by atoms with Crippen molar-refractivity contribution in [2.75, 3.05) is 17.2 Å². The number of anilines is 2. The molecule has 0 fully saturated rings. The molecule has 0 atom stereocenters. The van der Waals surface area contributed by atoms with Gasteiger partial charge in [0.05, 0.1) is 28.5 Å². The van der Waals surface area contributed by atoms with E-state index in [1.165, 1.54) is 25.1 Å². The lowest BCUT2D eigenvalue weighted by Gasteiger charge is -2.22. The monoisotopic (exact) mass is 291 g/mol. The van der Waals surface area contributed by atoms with E-state index in [1.807, 2.05) is 0 Å². The van der Waals surface area contributed by atoms with Crippen molar-refractivity contribution in [1.82, 2.24) is 0 Å². The number of carbonyl (C=O) groups is 2. The molecule has 0 aliphatic carbocycles. The van der Waals surface area contributed by atoms with Gasteiger partial charge < -0.3 is 15.4 Å². The summed E-state index contributed by atoms with van der Waals surface area (Å²) in [5, 5.41) is 16.0. The Bertz CT molecular complexity index is 666. The first-order valence-corrected chi connectivity index (χ1v) is 6.18. The van der Waals surface area contributed by atoms with Crippen molar-refractivity contribution in [2.24, 2.45) is 0 Å². The summed E-state index contributed by atoms with van der Waals surface area (Å²) >= 11 is 0. The summed E-state index contributed by atoms with van der Waals surface area (Å²) in [4.78, 5) is 33.8. The van der Waals surface area contributed by atoms with E-state index in [-0.39, 0.29) is 29.3 Å². The highest BCUT2D eigenvalue weighted by molar-refractivity contribution is 6.14. The normalized spacial score (nSPS) is 15.4. The van der Waals surface area contributed by atoms with E-state index in [2.05, 4.69) is 10.6 Å². The number of nitro groups is 1. The Balaban J connectivity index is 2.37. The van der Waals surface area contributed by atoms with E-state index in [1.54, 1.807) is 6.92 Å². The van der Waals surface area contributed by atoms with E-state index < -0.39 is 16.8 Å². The Labute approximate surface area is 119 Å². The van der Waals surface area contributed by atoms with Crippen molar-refractivity contribution in [3.8, 4) is 0 Å². The minimum atomic E-state index is -0.597. The number of non-ortho nitro benzene ring substituents is 1. The van der Waals surface area contributed by atoms with E-state index in [0.717, 1.165) is 0 Å². The van der Waals surface area contributed by atoms with Crippen molar-refractivity contribution < 1.29 is 19.2 Å². The first kappa shape index (κ1) is 14.5. The lowest BCUT2D eigenvalue weighted by Crippen LogP contribution is -2.28. The molecule has 0 saturated heterocycles. The third kappa shape index (κ3) is 2.83. The summed E-state index contributed by atoms with van der Waals surface area (Å²) in [6.45, 7) is 3.34. The summed E-state index contributed by atoms with van der Waals surface area (Å²) in [7, 11) is 0. The molecule has 0 unspecified atom stereocenters. The van der Waals surface area contributed by atoms with Crippen molar-refractivity contribution in [2.45, 2.75) is 13.8 Å². The molecule has 0 saturated carbocycles. The maximum atomic E-state index is 12.0. The highest BCUT2D eigenvalue weighted by Gasteiger charge is 2.26. The second-order valence-corrected chi connectivity index (χ2v) is 4.29. The van der Waals surface area contributed by atoms with Crippen LogP contribution in [0.1, 0.15) is 13.8 Å². The molecule has 2 N–H and O–H groups in total. The van der Waals surface area contributed by atoms with Crippen LogP contribution >= 0.6 is 0 Å². The number of nitrogens with zero attached hydrogens (tertiary/aromatic N) is 1. The molecular formula is C13H13N3O5. The minimum Gasteiger partial charge on any atom is -0.463 e. The lowest BCUT2D eigenvalue weighted by atomic mass is 10.1. The molecule has 8 nitrogen and oxygen atoms in total. The molecule has 1 aromatic carbocycles. The zero-order chi connectivity index (χ0) is 15.6. The van der Waals surface area contributed by atoms with Crippen LogP contribution < -0.4 is 10.6 Å².